The number of aliphatic carboxylic acids is 1. The molecule has 0 spiro atoms. The molecule has 0 saturated heterocycles. The van der Waals surface area contributed by atoms with E-state index in [2.05, 4.69) is 38.5 Å². The number of anilines is 2. The van der Waals surface area contributed by atoms with E-state index < -0.39 is 22.9 Å². The van der Waals surface area contributed by atoms with E-state index in [4.69, 9.17) is 0 Å². The smallest absolute Gasteiger partial charge is 0.307 e. The Hall–Kier alpha value is -2.84. The van der Waals surface area contributed by atoms with E-state index in [1.165, 1.54) is 16.9 Å². The summed E-state index contributed by atoms with van der Waals surface area (Å²) in [4.78, 5) is 26.3. The van der Waals surface area contributed by atoms with Crippen molar-refractivity contribution in [1.82, 2.24) is 15.0 Å². The topological polar surface area (TPSA) is 108 Å². The highest BCUT2D eigenvalue weighted by Crippen LogP contribution is 2.50. The standard InChI is InChI=1S/C26H30N4O3S/c1-15-9-17(11-18(10-15)29-24-28-12-16-5-4-6-20(16)30-24)21-13-27-23(34-21)26(33)8-7-19(22(31)32)25(2,3)14-26/h9-13,19,33H,4-8,14H2,1-3H3,(H,31,32)(H,28,29,30)/t19?,26-/m1/s1. The Bertz CT molecular complexity index is 1250. The Balaban J connectivity index is 1.39. The second-order valence-electron chi connectivity index (χ2n) is 10.4. The summed E-state index contributed by atoms with van der Waals surface area (Å²) < 4.78 is 0. The third kappa shape index (κ3) is 4.32. The molecular weight excluding hydrogens is 448 g/mol. The van der Waals surface area contributed by atoms with E-state index in [1.807, 2.05) is 27.0 Å². The van der Waals surface area contributed by atoms with Crippen LogP contribution < -0.4 is 5.32 Å². The van der Waals surface area contributed by atoms with Crippen LogP contribution in [0.25, 0.3) is 10.4 Å². The molecule has 2 aliphatic carbocycles. The molecule has 1 unspecified atom stereocenters. The van der Waals surface area contributed by atoms with E-state index in [0.717, 1.165) is 46.6 Å². The molecule has 0 bridgehead atoms. The van der Waals surface area contributed by atoms with Crippen molar-refractivity contribution in [2.45, 2.75) is 64.9 Å². The van der Waals surface area contributed by atoms with E-state index in [9.17, 15) is 15.0 Å². The fourth-order valence-corrected chi connectivity index (χ4v) is 6.52. The number of benzene rings is 1. The molecular formula is C26H30N4O3S. The monoisotopic (exact) mass is 478 g/mol. The van der Waals surface area contributed by atoms with Gasteiger partial charge in [0.05, 0.1) is 10.8 Å². The van der Waals surface area contributed by atoms with Crippen LogP contribution in [0.3, 0.4) is 0 Å². The van der Waals surface area contributed by atoms with Gasteiger partial charge in [-0.25, -0.2) is 15.0 Å². The second kappa shape index (κ2) is 8.43. The third-order valence-electron chi connectivity index (χ3n) is 7.17. The normalized spacial score (nSPS) is 23.5. The average molecular weight is 479 g/mol. The van der Waals surface area contributed by atoms with Crippen LogP contribution in [-0.4, -0.2) is 31.1 Å². The number of aryl methyl sites for hydroxylation is 3. The predicted molar refractivity (Wildman–Crippen MR) is 132 cm³/mol. The molecule has 1 aromatic carbocycles. The molecule has 8 heteroatoms. The highest BCUT2D eigenvalue weighted by Gasteiger charge is 2.49. The molecule has 178 valence electrons. The number of carboxylic acid groups (broad SMARTS) is 1. The molecule has 7 nitrogen and oxygen atoms in total. The van der Waals surface area contributed by atoms with E-state index in [-0.39, 0.29) is 0 Å². The molecule has 1 fully saturated rings. The lowest BCUT2D eigenvalue weighted by Gasteiger charge is -2.44. The zero-order valence-electron chi connectivity index (χ0n) is 19.8. The summed E-state index contributed by atoms with van der Waals surface area (Å²) in [5, 5.41) is 25.0. The number of fused-ring (bicyclic) bond motifs is 1. The van der Waals surface area contributed by atoms with Crippen molar-refractivity contribution in [2.75, 3.05) is 5.32 Å². The van der Waals surface area contributed by atoms with Gasteiger partial charge in [-0.15, -0.1) is 11.3 Å². The fourth-order valence-electron chi connectivity index (χ4n) is 5.50. The maximum Gasteiger partial charge on any atom is 0.307 e. The summed E-state index contributed by atoms with van der Waals surface area (Å²) in [6, 6.07) is 6.21. The SMILES string of the molecule is Cc1cc(Nc2ncc3c(n2)CCC3)cc(-c2cnc([C@@]3(O)CCC(C(=O)O)C(C)(C)C3)s2)c1. The Morgan fingerprint density at radius 2 is 2.00 bits per heavy atom. The van der Waals surface area contributed by atoms with Crippen molar-refractivity contribution in [3.05, 3.63) is 52.4 Å². The van der Waals surface area contributed by atoms with Crippen molar-refractivity contribution in [2.24, 2.45) is 11.3 Å². The van der Waals surface area contributed by atoms with Gasteiger partial charge in [0.2, 0.25) is 5.95 Å². The number of carbonyl (C=O) groups is 1. The molecule has 0 aliphatic heterocycles. The van der Waals surface area contributed by atoms with Gasteiger partial charge in [-0.3, -0.25) is 4.79 Å². The quantitative estimate of drug-likeness (QED) is 0.460. The van der Waals surface area contributed by atoms with Crippen molar-refractivity contribution < 1.29 is 15.0 Å². The maximum atomic E-state index is 11.6. The number of aliphatic hydroxyl groups is 1. The number of rotatable bonds is 5. The zero-order valence-corrected chi connectivity index (χ0v) is 20.6. The van der Waals surface area contributed by atoms with Crippen LogP contribution in [0.2, 0.25) is 0 Å². The Kier molecular flexibility index (Phi) is 5.68. The number of aromatic nitrogens is 3. The van der Waals surface area contributed by atoms with Gasteiger partial charge < -0.3 is 15.5 Å². The molecule has 2 atom stereocenters. The average Bonchev–Trinajstić information content (AvgIpc) is 3.42. The maximum absolute atomic E-state index is 11.6. The Labute approximate surface area is 203 Å². The Morgan fingerprint density at radius 3 is 2.76 bits per heavy atom. The number of nitrogens with one attached hydrogen (secondary N) is 1. The van der Waals surface area contributed by atoms with Gasteiger partial charge in [-0.05, 0) is 79.7 Å². The summed E-state index contributed by atoms with van der Waals surface area (Å²) >= 11 is 1.47. The number of hydrogen-bond donors (Lipinski definition) is 3. The Morgan fingerprint density at radius 1 is 1.18 bits per heavy atom. The minimum atomic E-state index is -1.11. The molecule has 0 amide bonds. The first kappa shape index (κ1) is 22.9. The van der Waals surface area contributed by atoms with Crippen molar-refractivity contribution in [3.63, 3.8) is 0 Å². The van der Waals surface area contributed by atoms with Crippen LogP contribution >= 0.6 is 11.3 Å². The number of thiazole rings is 1. The van der Waals surface area contributed by atoms with Gasteiger partial charge in [0.1, 0.15) is 10.6 Å². The van der Waals surface area contributed by atoms with Gasteiger partial charge in [0.25, 0.3) is 0 Å². The van der Waals surface area contributed by atoms with E-state index >= 15 is 0 Å². The van der Waals surface area contributed by atoms with Crippen LogP contribution in [0, 0.1) is 18.3 Å². The first-order chi connectivity index (χ1) is 16.1. The summed E-state index contributed by atoms with van der Waals surface area (Å²) in [6.07, 6.45) is 8.13. The number of hydrogen-bond acceptors (Lipinski definition) is 7. The fraction of sp³-hybridized carbons (Fsp3) is 0.462. The molecule has 2 aromatic heterocycles. The number of nitrogens with zero attached hydrogens (tertiary/aromatic N) is 3. The minimum absolute atomic E-state index is 0.375. The van der Waals surface area contributed by atoms with Crippen molar-refractivity contribution in [1.29, 1.82) is 0 Å². The lowest BCUT2D eigenvalue weighted by atomic mass is 9.63. The molecule has 3 N–H and O–H groups in total. The van der Waals surface area contributed by atoms with Crippen molar-refractivity contribution >= 4 is 28.9 Å². The van der Waals surface area contributed by atoms with Gasteiger partial charge in [-0.1, -0.05) is 19.9 Å². The van der Waals surface area contributed by atoms with Gasteiger partial charge in [0.15, 0.2) is 0 Å². The molecule has 34 heavy (non-hydrogen) atoms. The first-order valence-electron chi connectivity index (χ1n) is 11.8. The van der Waals surface area contributed by atoms with Crippen molar-refractivity contribution in [3.8, 4) is 10.4 Å². The zero-order chi connectivity index (χ0) is 24.1. The molecule has 1 saturated carbocycles. The van der Waals surface area contributed by atoms with E-state index in [0.29, 0.717) is 30.2 Å². The molecule has 2 aliphatic rings. The first-order valence-corrected chi connectivity index (χ1v) is 12.6. The summed E-state index contributed by atoms with van der Waals surface area (Å²) in [5.41, 5.74) is 3.76. The predicted octanol–water partition coefficient (Wildman–Crippen LogP) is 5.24. The molecule has 3 aromatic rings. The molecule has 0 radical (unpaired) electrons. The largest absolute Gasteiger partial charge is 0.481 e. The van der Waals surface area contributed by atoms with Crippen LogP contribution in [0.4, 0.5) is 11.6 Å². The molecule has 2 heterocycles. The lowest BCUT2D eigenvalue weighted by molar-refractivity contribution is -0.154. The van der Waals surface area contributed by atoms with E-state index in [1.54, 1.807) is 6.20 Å². The highest BCUT2D eigenvalue weighted by molar-refractivity contribution is 7.15. The van der Waals surface area contributed by atoms with Crippen LogP contribution in [0.15, 0.2) is 30.6 Å². The van der Waals surface area contributed by atoms with Crippen LogP contribution in [-0.2, 0) is 23.2 Å². The summed E-state index contributed by atoms with van der Waals surface area (Å²) in [7, 11) is 0. The van der Waals surface area contributed by atoms with Crippen LogP contribution in [0.1, 0.15) is 61.4 Å². The molecule has 5 rings (SSSR count). The highest BCUT2D eigenvalue weighted by atomic mass is 32.1. The minimum Gasteiger partial charge on any atom is -0.481 e. The number of carboxylic acids is 1. The second-order valence-corrected chi connectivity index (χ2v) is 11.4. The van der Waals surface area contributed by atoms with Gasteiger partial charge in [0, 0.05) is 23.8 Å². The van der Waals surface area contributed by atoms with Gasteiger partial charge >= 0.3 is 5.97 Å². The third-order valence-corrected chi connectivity index (χ3v) is 8.41. The lowest BCUT2D eigenvalue weighted by Crippen LogP contribution is -2.44. The summed E-state index contributed by atoms with van der Waals surface area (Å²) in [5.74, 6) is -0.646. The van der Waals surface area contributed by atoms with Crippen LogP contribution in [0.5, 0.6) is 0 Å². The summed E-state index contributed by atoms with van der Waals surface area (Å²) in [6.45, 7) is 5.89. The van der Waals surface area contributed by atoms with Gasteiger partial charge in [-0.2, -0.15) is 0 Å².